The third-order valence-corrected chi connectivity index (χ3v) is 4.59. The van der Waals surface area contributed by atoms with Gasteiger partial charge in [-0.25, -0.2) is 0 Å². The molecular weight excluding hydrogens is 254 g/mol. The Hall–Kier alpha value is -1.06. The van der Waals surface area contributed by atoms with Crippen LogP contribution < -0.4 is 0 Å². The summed E-state index contributed by atoms with van der Waals surface area (Å²) in [6.45, 7) is 5.20. The van der Waals surface area contributed by atoms with Crippen molar-refractivity contribution in [1.29, 1.82) is 0 Å². The summed E-state index contributed by atoms with van der Waals surface area (Å²) in [5.41, 5.74) is 0. The Bertz CT molecular complexity index is 363. The summed E-state index contributed by atoms with van der Waals surface area (Å²) < 4.78 is 0. The lowest BCUT2D eigenvalue weighted by molar-refractivity contribution is -0.145. The number of hydrogen-bond acceptors (Lipinski definition) is 2. The molecule has 2 saturated carbocycles. The van der Waals surface area contributed by atoms with Gasteiger partial charge in [0.2, 0.25) is 5.91 Å². The lowest BCUT2D eigenvalue weighted by atomic mass is 9.80. The number of carbonyl (C=O) groups excluding carboxylic acids is 1. The highest BCUT2D eigenvalue weighted by Gasteiger charge is 2.38. The highest BCUT2D eigenvalue weighted by Crippen LogP contribution is 2.34. The molecule has 114 valence electrons. The number of nitrogens with zero attached hydrogens (tertiary/aromatic N) is 1. The van der Waals surface area contributed by atoms with Gasteiger partial charge in [-0.1, -0.05) is 20.3 Å². The van der Waals surface area contributed by atoms with Gasteiger partial charge < -0.3 is 10.0 Å². The van der Waals surface area contributed by atoms with Crippen LogP contribution in [0.25, 0.3) is 0 Å². The summed E-state index contributed by atoms with van der Waals surface area (Å²) in [5.74, 6) is -0.287. The van der Waals surface area contributed by atoms with Crippen LogP contribution in [-0.2, 0) is 9.59 Å². The molecule has 2 aliphatic carbocycles. The van der Waals surface area contributed by atoms with E-state index in [1.165, 1.54) is 0 Å². The van der Waals surface area contributed by atoms with Gasteiger partial charge in [-0.3, -0.25) is 9.59 Å². The second-order valence-electron chi connectivity index (χ2n) is 6.84. The Morgan fingerprint density at radius 1 is 1.15 bits per heavy atom. The first kappa shape index (κ1) is 15.3. The molecule has 2 rings (SSSR count). The van der Waals surface area contributed by atoms with E-state index in [0.29, 0.717) is 18.4 Å². The second kappa shape index (κ2) is 6.59. The van der Waals surface area contributed by atoms with Gasteiger partial charge in [0.05, 0.1) is 5.92 Å². The van der Waals surface area contributed by atoms with Crippen molar-refractivity contribution in [1.82, 2.24) is 4.90 Å². The van der Waals surface area contributed by atoms with Gasteiger partial charge in [-0.2, -0.15) is 0 Å². The number of carboxylic acids is 1. The van der Waals surface area contributed by atoms with E-state index in [4.69, 9.17) is 5.11 Å². The van der Waals surface area contributed by atoms with Crippen LogP contribution in [0.4, 0.5) is 0 Å². The second-order valence-corrected chi connectivity index (χ2v) is 6.84. The summed E-state index contributed by atoms with van der Waals surface area (Å²) in [6.07, 6.45) is 6.30. The Morgan fingerprint density at radius 3 is 2.35 bits per heavy atom. The maximum Gasteiger partial charge on any atom is 0.306 e. The maximum absolute atomic E-state index is 12.7. The molecule has 2 unspecified atom stereocenters. The fourth-order valence-electron chi connectivity index (χ4n) is 3.13. The van der Waals surface area contributed by atoms with E-state index in [2.05, 4.69) is 18.7 Å². The van der Waals surface area contributed by atoms with Crippen LogP contribution in [0.5, 0.6) is 0 Å². The van der Waals surface area contributed by atoms with Crippen molar-refractivity contribution in [2.75, 3.05) is 6.54 Å². The van der Waals surface area contributed by atoms with E-state index in [-0.39, 0.29) is 17.7 Å². The van der Waals surface area contributed by atoms with Gasteiger partial charge in [0.25, 0.3) is 0 Å². The maximum atomic E-state index is 12.7. The zero-order valence-corrected chi connectivity index (χ0v) is 12.7. The summed E-state index contributed by atoms with van der Waals surface area (Å²) in [6, 6.07) is 0.437. The van der Waals surface area contributed by atoms with Crippen LogP contribution in [-0.4, -0.2) is 34.5 Å². The number of carbonyl (C=O) groups is 2. The summed E-state index contributed by atoms with van der Waals surface area (Å²) in [7, 11) is 0. The minimum atomic E-state index is -0.734. The minimum Gasteiger partial charge on any atom is -0.481 e. The molecule has 0 spiro atoms. The molecule has 0 saturated heterocycles. The molecule has 0 heterocycles. The van der Waals surface area contributed by atoms with Gasteiger partial charge in [-0.05, 0) is 44.4 Å². The number of rotatable bonds is 6. The zero-order chi connectivity index (χ0) is 14.7. The predicted octanol–water partition coefficient (Wildman–Crippen LogP) is 2.91. The fourth-order valence-corrected chi connectivity index (χ4v) is 3.13. The van der Waals surface area contributed by atoms with Crippen molar-refractivity contribution < 1.29 is 14.7 Å². The number of carboxylic acid groups (broad SMARTS) is 1. The number of amides is 1. The molecule has 0 aliphatic heterocycles. The Labute approximate surface area is 121 Å². The van der Waals surface area contributed by atoms with E-state index in [1.807, 2.05) is 0 Å². The standard InChI is InChI=1S/C16H27NO3/c1-11(2)8-9-17(14-6-7-14)15(18)12-4-3-5-13(10-12)16(19)20/h11-14H,3-10H2,1-2H3,(H,19,20). The highest BCUT2D eigenvalue weighted by molar-refractivity contribution is 5.81. The first-order chi connectivity index (χ1) is 9.49. The zero-order valence-electron chi connectivity index (χ0n) is 12.7. The van der Waals surface area contributed by atoms with E-state index in [9.17, 15) is 9.59 Å². The largest absolute Gasteiger partial charge is 0.481 e. The van der Waals surface area contributed by atoms with Gasteiger partial charge in [-0.15, -0.1) is 0 Å². The van der Waals surface area contributed by atoms with Gasteiger partial charge in [0.1, 0.15) is 0 Å². The Kier molecular flexibility index (Phi) is 5.06. The van der Waals surface area contributed by atoms with Crippen molar-refractivity contribution in [2.45, 2.75) is 64.8 Å². The van der Waals surface area contributed by atoms with Crippen molar-refractivity contribution in [2.24, 2.45) is 17.8 Å². The highest BCUT2D eigenvalue weighted by atomic mass is 16.4. The third kappa shape index (κ3) is 3.97. The van der Waals surface area contributed by atoms with Crippen LogP contribution >= 0.6 is 0 Å². The molecule has 1 amide bonds. The smallest absolute Gasteiger partial charge is 0.306 e. The SMILES string of the molecule is CC(C)CCN(C(=O)C1CCCC(C(=O)O)C1)C1CC1. The van der Waals surface area contributed by atoms with E-state index in [0.717, 1.165) is 45.1 Å². The third-order valence-electron chi connectivity index (χ3n) is 4.59. The summed E-state index contributed by atoms with van der Waals surface area (Å²) in [4.78, 5) is 25.9. The molecule has 2 fully saturated rings. The first-order valence-corrected chi connectivity index (χ1v) is 8.02. The molecule has 0 aromatic carbocycles. The number of aliphatic carboxylic acids is 1. The molecule has 0 bridgehead atoms. The lowest BCUT2D eigenvalue weighted by Gasteiger charge is -2.32. The van der Waals surface area contributed by atoms with Crippen molar-refractivity contribution >= 4 is 11.9 Å². The molecule has 1 N–H and O–H groups in total. The van der Waals surface area contributed by atoms with Crippen LogP contribution in [0.3, 0.4) is 0 Å². The minimum absolute atomic E-state index is 0.0578. The van der Waals surface area contributed by atoms with Crippen LogP contribution in [0, 0.1) is 17.8 Å². The van der Waals surface area contributed by atoms with E-state index in [1.54, 1.807) is 0 Å². The van der Waals surface area contributed by atoms with Crippen LogP contribution in [0.2, 0.25) is 0 Å². The average molecular weight is 281 g/mol. The normalized spacial score (nSPS) is 26.6. The number of hydrogen-bond donors (Lipinski definition) is 1. The Balaban J connectivity index is 1.94. The first-order valence-electron chi connectivity index (χ1n) is 8.02. The van der Waals surface area contributed by atoms with Crippen molar-refractivity contribution in [3.8, 4) is 0 Å². The molecular formula is C16H27NO3. The van der Waals surface area contributed by atoms with Crippen molar-refractivity contribution in [3.05, 3.63) is 0 Å². The van der Waals surface area contributed by atoms with Gasteiger partial charge in [0, 0.05) is 18.5 Å². The molecule has 20 heavy (non-hydrogen) atoms. The average Bonchev–Trinajstić information content (AvgIpc) is 3.23. The molecule has 4 heteroatoms. The summed E-state index contributed by atoms with van der Waals surface area (Å²) in [5, 5.41) is 9.15. The molecule has 0 aromatic heterocycles. The molecule has 2 atom stereocenters. The van der Waals surface area contributed by atoms with Gasteiger partial charge >= 0.3 is 5.97 Å². The van der Waals surface area contributed by atoms with Gasteiger partial charge in [0.15, 0.2) is 0 Å². The molecule has 2 aliphatic rings. The Morgan fingerprint density at radius 2 is 1.80 bits per heavy atom. The van der Waals surface area contributed by atoms with Crippen LogP contribution in [0.1, 0.15) is 58.8 Å². The fraction of sp³-hybridized carbons (Fsp3) is 0.875. The monoisotopic (exact) mass is 281 g/mol. The topological polar surface area (TPSA) is 57.6 Å². The quantitative estimate of drug-likeness (QED) is 0.814. The predicted molar refractivity (Wildman–Crippen MR) is 77.3 cm³/mol. The lowest BCUT2D eigenvalue weighted by Crippen LogP contribution is -2.41. The van der Waals surface area contributed by atoms with E-state index >= 15 is 0 Å². The van der Waals surface area contributed by atoms with Crippen molar-refractivity contribution in [3.63, 3.8) is 0 Å². The molecule has 0 radical (unpaired) electrons. The summed E-state index contributed by atoms with van der Waals surface area (Å²) >= 11 is 0. The van der Waals surface area contributed by atoms with E-state index < -0.39 is 5.97 Å². The molecule has 4 nitrogen and oxygen atoms in total. The molecule has 0 aromatic rings. The van der Waals surface area contributed by atoms with Crippen LogP contribution in [0.15, 0.2) is 0 Å².